The summed E-state index contributed by atoms with van der Waals surface area (Å²) in [6.07, 6.45) is 0. The first-order chi connectivity index (χ1) is 12.1. The number of carbonyl (C=O) groups excluding carboxylic acids is 7. The van der Waals surface area contributed by atoms with Crippen molar-refractivity contribution in [3.05, 3.63) is 0 Å². The Morgan fingerprint density at radius 1 is 0.310 bits per heavy atom. The van der Waals surface area contributed by atoms with Gasteiger partial charge in [-0.25, -0.2) is 0 Å². The minimum atomic E-state index is -1.08. The molecule has 0 bridgehead atoms. The molecule has 29 heavy (non-hydrogen) atoms. The van der Waals surface area contributed by atoms with Crippen LogP contribution in [0.15, 0.2) is 0 Å². The number of carbonyl (C=O) groups is 7. The van der Waals surface area contributed by atoms with Crippen LogP contribution in [0.5, 0.6) is 0 Å². The van der Waals surface area contributed by atoms with Crippen LogP contribution in [0.2, 0.25) is 0 Å². The molecule has 15 heteroatoms. The van der Waals surface area contributed by atoms with Gasteiger partial charge in [0.1, 0.15) is 0 Å². The quantitative estimate of drug-likeness (QED) is 0.292. The molecular formula is C14H21O14Tc. The summed E-state index contributed by atoms with van der Waals surface area (Å²) in [4.78, 5) is 62.2. The number of rotatable bonds is 0. The third-order valence-corrected chi connectivity index (χ3v) is 0. The Morgan fingerprint density at radius 2 is 0.310 bits per heavy atom. The van der Waals surface area contributed by atoms with E-state index in [9.17, 15) is 0 Å². The standard InChI is InChI=1S/7C2H4O2.Tc/c7*1-2(3)4;/h7*1H3,(H,3,4);/q;;;;;;;+7/p-7. The van der Waals surface area contributed by atoms with Crippen molar-refractivity contribution in [1.82, 2.24) is 0 Å². The van der Waals surface area contributed by atoms with E-state index in [1.807, 2.05) is 0 Å². The Bertz CT molecular complexity index is 313. The molecule has 0 radical (unpaired) electrons. The van der Waals surface area contributed by atoms with E-state index in [-0.39, 0.29) is 20.1 Å². The first kappa shape index (κ1) is 50.1. The van der Waals surface area contributed by atoms with Crippen molar-refractivity contribution in [3.63, 3.8) is 0 Å². The van der Waals surface area contributed by atoms with Gasteiger partial charge in [0, 0.05) is 41.8 Å². The van der Waals surface area contributed by atoms with Crippen molar-refractivity contribution in [2.75, 3.05) is 0 Å². The number of hydrogen-bond donors (Lipinski definition) is 0. The smallest absolute Gasteiger partial charge is 0.550 e. The molecule has 0 aliphatic carbocycles. The number of aliphatic carboxylic acids is 7. The molecule has 0 unspecified atom stereocenters. The summed E-state index contributed by atoms with van der Waals surface area (Å²) in [6, 6.07) is 0. The van der Waals surface area contributed by atoms with Crippen molar-refractivity contribution in [2.24, 2.45) is 0 Å². The molecule has 0 spiro atoms. The van der Waals surface area contributed by atoms with E-state index in [4.69, 9.17) is 69.3 Å². The Kier molecular flexibility index (Phi) is 76.8. The number of carboxylic acids is 7. The van der Waals surface area contributed by atoms with Crippen molar-refractivity contribution in [3.8, 4) is 0 Å². The molecule has 0 saturated heterocycles. The van der Waals surface area contributed by atoms with Crippen LogP contribution in [-0.2, 0) is 53.7 Å². The zero-order valence-electron chi connectivity index (χ0n) is 16.6. The zero-order chi connectivity index (χ0) is 25.0. The monoisotopic (exact) mass is 510 g/mol. The fourth-order valence-electron chi connectivity index (χ4n) is 0. The van der Waals surface area contributed by atoms with Gasteiger partial charge in [-0.05, 0) is 48.5 Å². The predicted octanol–water partition coefficient (Wildman–Crippen LogP) is -8.71. The van der Waals surface area contributed by atoms with Crippen LogP contribution >= 0.6 is 0 Å². The Labute approximate surface area is 180 Å². The zero-order valence-corrected chi connectivity index (χ0v) is 18.5. The first-order valence-corrected chi connectivity index (χ1v) is 6.36. The fraction of sp³-hybridized carbons (Fsp3) is 0.500. The van der Waals surface area contributed by atoms with Gasteiger partial charge >= 0.3 is 20.1 Å². The molecule has 0 heterocycles. The predicted molar refractivity (Wildman–Crippen MR) is 74.8 cm³/mol. The maximum absolute atomic E-state index is 8.89. The molecule has 0 aromatic heterocycles. The summed E-state index contributed by atoms with van der Waals surface area (Å²) < 4.78 is 0. The molecule has 0 aromatic rings. The van der Waals surface area contributed by atoms with Crippen LogP contribution < -0.4 is 35.7 Å². The Balaban J connectivity index is -0.0000000294. The van der Waals surface area contributed by atoms with E-state index in [1.165, 1.54) is 0 Å². The van der Waals surface area contributed by atoms with Gasteiger partial charge in [0.15, 0.2) is 0 Å². The van der Waals surface area contributed by atoms with Gasteiger partial charge < -0.3 is 69.3 Å². The van der Waals surface area contributed by atoms with E-state index < -0.39 is 41.8 Å². The first-order valence-electron chi connectivity index (χ1n) is 6.36. The topological polar surface area (TPSA) is 281 Å². The number of carboxylic acid groups (broad SMARTS) is 7. The summed E-state index contributed by atoms with van der Waals surface area (Å²) in [5.74, 6) is -7.58. The third-order valence-electron chi connectivity index (χ3n) is 0. The normalized spacial score (nSPS) is 6.03. The van der Waals surface area contributed by atoms with Crippen LogP contribution in [-0.4, -0.2) is 41.8 Å². The maximum atomic E-state index is 8.89. The minimum Gasteiger partial charge on any atom is -0.550 e. The van der Waals surface area contributed by atoms with Crippen molar-refractivity contribution in [1.29, 1.82) is 0 Å². The molecule has 0 aliphatic heterocycles. The molecule has 0 saturated carbocycles. The Hall–Kier alpha value is -3.06. The summed E-state index contributed by atoms with van der Waals surface area (Å²) in [5.41, 5.74) is 0. The van der Waals surface area contributed by atoms with Crippen molar-refractivity contribution < 1.29 is 89.4 Å². The minimum absolute atomic E-state index is 0. The van der Waals surface area contributed by atoms with Gasteiger partial charge in [-0.1, -0.05) is 0 Å². The van der Waals surface area contributed by atoms with Gasteiger partial charge in [0.25, 0.3) is 0 Å². The van der Waals surface area contributed by atoms with Crippen LogP contribution in [0, 0.1) is 0 Å². The Morgan fingerprint density at radius 3 is 0.310 bits per heavy atom. The van der Waals surface area contributed by atoms with E-state index >= 15 is 0 Å². The molecule has 0 amide bonds. The largest absolute Gasteiger partial charge is 7.00 e. The van der Waals surface area contributed by atoms with E-state index in [0.29, 0.717) is 0 Å². The van der Waals surface area contributed by atoms with Gasteiger partial charge in [-0.3, -0.25) is 0 Å². The van der Waals surface area contributed by atoms with Crippen molar-refractivity contribution >= 4 is 41.8 Å². The molecule has 0 aromatic carbocycles. The second-order valence-electron chi connectivity index (χ2n) is 3.44. The summed E-state index contributed by atoms with van der Waals surface area (Å²) in [6.45, 7) is 6.81. The van der Waals surface area contributed by atoms with Gasteiger partial charge in [0.05, 0.1) is 0 Å². The number of hydrogen-bond acceptors (Lipinski definition) is 14. The van der Waals surface area contributed by atoms with E-state index in [0.717, 1.165) is 48.5 Å². The molecule has 0 rings (SSSR count). The molecule has 168 valence electrons. The summed E-state index contributed by atoms with van der Waals surface area (Å²) >= 11 is 0. The second kappa shape index (κ2) is 44.4. The molecule has 0 aliphatic rings. The average molecular weight is 511 g/mol. The van der Waals surface area contributed by atoms with Crippen LogP contribution in [0.4, 0.5) is 0 Å². The van der Waals surface area contributed by atoms with Crippen molar-refractivity contribution in [2.45, 2.75) is 48.5 Å². The maximum Gasteiger partial charge on any atom is 7.00 e. The van der Waals surface area contributed by atoms with E-state index in [1.54, 1.807) is 0 Å². The van der Waals surface area contributed by atoms with Gasteiger partial charge in [0.2, 0.25) is 0 Å². The second-order valence-corrected chi connectivity index (χ2v) is 3.44. The average Bonchev–Trinajstić information content (AvgIpc) is 2.20. The molecular weight excluding hydrogens is 490 g/mol. The van der Waals surface area contributed by atoms with Crippen LogP contribution in [0.25, 0.3) is 0 Å². The molecule has 0 fully saturated rings. The molecule has 0 N–H and O–H groups in total. The van der Waals surface area contributed by atoms with E-state index in [2.05, 4.69) is 0 Å². The SMILES string of the molecule is CC(=O)[O-].CC(=O)[O-].CC(=O)[O-].CC(=O)[O-].CC(=O)[O-].CC(=O)[O-].CC(=O)[O-].[Tc+7]. The van der Waals surface area contributed by atoms with Crippen LogP contribution in [0.1, 0.15) is 48.5 Å². The fourth-order valence-corrected chi connectivity index (χ4v) is 0. The summed E-state index contributed by atoms with van der Waals surface area (Å²) in [7, 11) is 0. The van der Waals surface area contributed by atoms with Gasteiger partial charge in [-0.15, -0.1) is 0 Å². The summed E-state index contributed by atoms with van der Waals surface area (Å²) in [5, 5.41) is 62.2. The third kappa shape index (κ3) is 1400. The molecule has 0 atom stereocenters. The molecule has 14 nitrogen and oxygen atoms in total. The van der Waals surface area contributed by atoms with Gasteiger partial charge in [-0.2, -0.15) is 0 Å². The van der Waals surface area contributed by atoms with Crippen LogP contribution in [0.3, 0.4) is 0 Å².